The monoisotopic (exact) mass is 398 g/mol. The van der Waals surface area contributed by atoms with Crippen LogP contribution in [0.25, 0.3) is 0 Å². The fourth-order valence-electron chi connectivity index (χ4n) is 3.89. The quantitative estimate of drug-likeness (QED) is 0.705. The van der Waals surface area contributed by atoms with E-state index >= 15 is 0 Å². The van der Waals surface area contributed by atoms with Crippen molar-refractivity contribution < 1.29 is 9.59 Å². The zero-order valence-corrected chi connectivity index (χ0v) is 17.2. The Balaban J connectivity index is 1.83. The van der Waals surface area contributed by atoms with Gasteiger partial charge < -0.3 is 10.2 Å². The minimum Gasteiger partial charge on any atom is -0.371 e. The molecule has 1 N–H and O–H groups in total. The highest BCUT2D eigenvalue weighted by Gasteiger charge is 2.27. The Bertz CT molecular complexity index is 832. The molecule has 0 aliphatic carbocycles. The molecule has 0 spiro atoms. The topological polar surface area (TPSA) is 49.4 Å². The minimum absolute atomic E-state index is 0.168. The lowest BCUT2D eigenvalue weighted by Crippen LogP contribution is -2.36. The molecule has 2 atom stereocenters. The summed E-state index contributed by atoms with van der Waals surface area (Å²) in [5.41, 5.74) is 2.80. The second-order valence-electron chi connectivity index (χ2n) is 7.44. The number of nitrogens with one attached hydrogen (secondary N) is 1. The Morgan fingerprint density at radius 1 is 1.04 bits per heavy atom. The van der Waals surface area contributed by atoms with Crippen molar-refractivity contribution >= 4 is 29.0 Å². The summed E-state index contributed by atoms with van der Waals surface area (Å²) >= 11 is 6.26. The third-order valence-corrected chi connectivity index (χ3v) is 5.55. The molecule has 1 heterocycles. The van der Waals surface area contributed by atoms with E-state index in [2.05, 4.69) is 10.2 Å². The molecule has 3 rings (SSSR count). The Morgan fingerprint density at radius 3 is 2.36 bits per heavy atom. The highest BCUT2D eigenvalue weighted by atomic mass is 35.5. The van der Waals surface area contributed by atoms with Gasteiger partial charge in [-0.25, -0.2) is 0 Å². The molecule has 0 bridgehead atoms. The molecular formula is C23H27ClN2O2. The van der Waals surface area contributed by atoms with Crippen LogP contribution < -0.4 is 10.2 Å². The molecule has 0 radical (unpaired) electrons. The molecule has 1 aliphatic rings. The van der Waals surface area contributed by atoms with Crippen molar-refractivity contribution in [2.24, 2.45) is 0 Å². The van der Waals surface area contributed by atoms with Gasteiger partial charge in [-0.15, -0.1) is 0 Å². The Kier molecular flexibility index (Phi) is 6.74. The molecule has 148 valence electrons. The van der Waals surface area contributed by atoms with E-state index in [0.29, 0.717) is 10.6 Å². The maximum absolute atomic E-state index is 13.0. The van der Waals surface area contributed by atoms with Crippen LogP contribution in [-0.4, -0.2) is 24.8 Å². The second kappa shape index (κ2) is 9.24. The second-order valence-corrected chi connectivity index (χ2v) is 7.87. The predicted molar refractivity (Wildman–Crippen MR) is 114 cm³/mol. The van der Waals surface area contributed by atoms with E-state index in [1.165, 1.54) is 26.2 Å². The molecule has 2 aromatic rings. The van der Waals surface area contributed by atoms with Crippen molar-refractivity contribution in [3.05, 3.63) is 64.7 Å². The molecule has 0 aromatic heterocycles. The highest BCUT2D eigenvalue weighted by molar-refractivity contribution is 6.30. The fraction of sp³-hybridized carbons (Fsp3) is 0.391. The summed E-state index contributed by atoms with van der Waals surface area (Å²) in [6, 6.07) is 14.8. The van der Waals surface area contributed by atoms with Crippen LogP contribution >= 0.6 is 11.6 Å². The molecule has 1 saturated heterocycles. The van der Waals surface area contributed by atoms with Gasteiger partial charge in [0.05, 0.1) is 6.04 Å². The Hall–Kier alpha value is -2.33. The Morgan fingerprint density at radius 2 is 1.71 bits per heavy atom. The molecule has 1 fully saturated rings. The van der Waals surface area contributed by atoms with E-state index in [0.717, 1.165) is 24.3 Å². The summed E-state index contributed by atoms with van der Waals surface area (Å²) in [6.07, 6.45) is 3.59. The number of piperidine rings is 1. The average Bonchev–Trinajstić information content (AvgIpc) is 2.69. The minimum atomic E-state index is -0.804. The smallest absolute Gasteiger partial charge is 0.235 e. The zero-order valence-electron chi connectivity index (χ0n) is 16.5. The maximum atomic E-state index is 13.0. The van der Waals surface area contributed by atoms with E-state index in [4.69, 9.17) is 11.6 Å². The van der Waals surface area contributed by atoms with Gasteiger partial charge in [0.2, 0.25) is 5.91 Å². The van der Waals surface area contributed by atoms with Gasteiger partial charge in [-0.3, -0.25) is 9.59 Å². The molecule has 2 unspecified atom stereocenters. The third kappa shape index (κ3) is 4.74. The number of hydrogen-bond donors (Lipinski definition) is 1. The SMILES string of the molecule is CC(=O)C(C(=O)NC(C)c1cc(Cl)ccc1N1CCCCC1)c1ccccc1. The van der Waals surface area contributed by atoms with Crippen LogP contribution in [-0.2, 0) is 9.59 Å². The van der Waals surface area contributed by atoms with Crippen molar-refractivity contribution in [2.75, 3.05) is 18.0 Å². The normalized spacial score (nSPS) is 16.3. The average molecular weight is 399 g/mol. The summed E-state index contributed by atoms with van der Waals surface area (Å²) in [7, 11) is 0. The number of carbonyl (C=O) groups excluding carboxylic acids is 2. The summed E-state index contributed by atoms with van der Waals surface area (Å²) in [6.45, 7) is 5.42. The molecular weight excluding hydrogens is 372 g/mol. The molecule has 1 amide bonds. The molecule has 28 heavy (non-hydrogen) atoms. The van der Waals surface area contributed by atoms with Crippen LogP contribution in [0.15, 0.2) is 48.5 Å². The Labute approximate surface area is 171 Å². The van der Waals surface area contributed by atoms with Gasteiger partial charge in [0, 0.05) is 23.8 Å². The van der Waals surface area contributed by atoms with Gasteiger partial charge in [-0.1, -0.05) is 41.9 Å². The van der Waals surface area contributed by atoms with Crippen molar-refractivity contribution in [1.82, 2.24) is 5.32 Å². The number of benzene rings is 2. The summed E-state index contributed by atoms with van der Waals surface area (Å²) in [5, 5.41) is 3.68. The number of ketones is 1. The zero-order chi connectivity index (χ0) is 20.1. The van der Waals surface area contributed by atoms with E-state index in [-0.39, 0.29) is 17.7 Å². The molecule has 0 saturated carbocycles. The van der Waals surface area contributed by atoms with Crippen LogP contribution in [0.2, 0.25) is 5.02 Å². The molecule has 2 aromatic carbocycles. The summed E-state index contributed by atoms with van der Waals surface area (Å²) < 4.78 is 0. The molecule has 1 aliphatic heterocycles. The van der Waals surface area contributed by atoms with Crippen LogP contribution in [0, 0.1) is 0 Å². The fourth-order valence-corrected chi connectivity index (χ4v) is 4.07. The van der Waals surface area contributed by atoms with E-state index in [1.807, 2.05) is 55.5 Å². The first kappa shape index (κ1) is 20.4. The lowest BCUT2D eigenvalue weighted by Gasteiger charge is -2.32. The number of hydrogen-bond acceptors (Lipinski definition) is 3. The van der Waals surface area contributed by atoms with E-state index < -0.39 is 5.92 Å². The first-order valence-corrected chi connectivity index (χ1v) is 10.3. The van der Waals surface area contributed by atoms with Gasteiger partial charge in [-0.05, 0) is 62.4 Å². The third-order valence-electron chi connectivity index (χ3n) is 5.31. The van der Waals surface area contributed by atoms with Gasteiger partial charge in [-0.2, -0.15) is 0 Å². The summed E-state index contributed by atoms with van der Waals surface area (Å²) in [5.74, 6) is -1.25. The standard InChI is InChI=1S/C23H27ClN2O2/c1-16(25-23(28)22(17(2)27)18-9-5-3-6-10-18)20-15-19(24)11-12-21(20)26-13-7-4-8-14-26/h3,5-6,9-12,15-16,22H,4,7-8,13-14H2,1-2H3,(H,25,28). The van der Waals surface area contributed by atoms with Crippen molar-refractivity contribution in [3.8, 4) is 0 Å². The van der Waals surface area contributed by atoms with Crippen LogP contribution in [0.4, 0.5) is 5.69 Å². The predicted octanol–water partition coefficient (Wildman–Crippen LogP) is 4.88. The number of amides is 1. The van der Waals surface area contributed by atoms with Crippen molar-refractivity contribution in [3.63, 3.8) is 0 Å². The van der Waals surface area contributed by atoms with Crippen LogP contribution in [0.1, 0.15) is 56.2 Å². The molecule has 4 nitrogen and oxygen atoms in total. The number of nitrogens with zero attached hydrogens (tertiary/aromatic N) is 1. The number of carbonyl (C=O) groups is 2. The lowest BCUT2D eigenvalue weighted by molar-refractivity contribution is -0.129. The lowest BCUT2D eigenvalue weighted by atomic mass is 9.93. The van der Waals surface area contributed by atoms with Gasteiger partial charge >= 0.3 is 0 Å². The first-order chi connectivity index (χ1) is 13.5. The van der Waals surface area contributed by atoms with E-state index in [9.17, 15) is 9.59 Å². The van der Waals surface area contributed by atoms with Crippen LogP contribution in [0.3, 0.4) is 0 Å². The van der Waals surface area contributed by atoms with Crippen LogP contribution in [0.5, 0.6) is 0 Å². The maximum Gasteiger partial charge on any atom is 0.235 e. The highest BCUT2D eigenvalue weighted by Crippen LogP contribution is 2.32. The van der Waals surface area contributed by atoms with E-state index in [1.54, 1.807) is 0 Å². The van der Waals surface area contributed by atoms with Crippen molar-refractivity contribution in [2.45, 2.75) is 45.1 Å². The summed E-state index contributed by atoms with van der Waals surface area (Å²) in [4.78, 5) is 27.5. The van der Waals surface area contributed by atoms with Crippen molar-refractivity contribution in [1.29, 1.82) is 0 Å². The van der Waals surface area contributed by atoms with Gasteiger partial charge in [0.25, 0.3) is 0 Å². The first-order valence-electron chi connectivity index (χ1n) is 9.87. The van der Waals surface area contributed by atoms with Gasteiger partial charge in [0.1, 0.15) is 11.7 Å². The largest absolute Gasteiger partial charge is 0.371 e. The number of halogens is 1. The number of Topliss-reactive ketones (excluding diaryl/α,β-unsaturated/α-hetero) is 1. The van der Waals surface area contributed by atoms with Gasteiger partial charge in [0.15, 0.2) is 0 Å². The molecule has 5 heteroatoms. The number of anilines is 1. The number of rotatable bonds is 6.